The predicted molar refractivity (Wildman–Crippen MR) is 60.4 cm³/mol. The maximum absolute atomic E-state index is 12.1. The van der Waals surface area contributed by atoms with Crippen LogP contribution in [0.25, 0.3) is 0 Å². The van der Waals surface area contributed by atoms with Crippen molar-refractivity contribution in [1.82, 2.24) is 0 Å². The molecule has 0 radical (unpaired) electrons. The summed E-state index contributed by atoms with van der Waals surface area (Å²) in [5.41, 5.74) is -1.31. The molecular formula is C10H15BN2O3. The molecule has 1 N–H and O–H groups in total. The van der Waals surface area contributed by atoms with Crippen LogP contribution in [0.5, 0.6) is 0 Å². The van der Waals surface area contributed by atoms with Gasteiger partial charge in [-0.2, -0.15) is 0 Å². The Morgan fingerprint density at radius 2 is 2.38 bits per heavy atom. The number of rotatable bonds is 6. The van der Waals surface area contributed by atoms with Gasteiger partial charge in [0.2, 0.25) is 0 Å². The van der Waals surface area contributed by atoms with E-state index in [2.05, 4.69) is 4.99 Å². The molecule has 0 fully saturated rings. The number of carbonyl (C=O) groups excluding carboxylic acids is 1. The number of carbonyl (C=O) groups is 1. The Balaban J connectivity index is 2.96. The quantitative estimate of drug-likeness (QED) is 0.533. The van der Waals surface area contributed by atoms with Gasteiger partial charge in [0.25, 0.3) is 0 Å². The number of nitrogens with one attached hydrogen (secondary N) is 1. The molecule has 0 saturated carbocycles. The normalized spacial score (nSPS) is 18.0. The molecule has 6 heteroatoms. The van der Waals surface area contributed by atoms with E-state index in [1.807, 2.05) is 6.92 Å². The molecule has 0 aromatic carbocycles. The van der Waals surface area contributed by atoms with E-state index in [1.165, 1.54) is 0 Å². The van der Waals surface area contributed by atoms with E-state index in [1.54, 1.807) is 6.92 Å². The topological polar surface area (TPSA) is 79.6 Å². The molecule has 1 heterocycles. The fraction of sp³-hybridized carbons (Fsp3) is 0.700. The first-order valence-electron chi connectivity index (χ1n) is 5.32. The first-order valence-corrected chi connectivity index (χ1v) is 5.32. The molecule has 5 nitrogen and oxygen atoms in total. The van der Waals surface area contributed by atoms with E-state index < -0.39 is 5.41 Å². The van der Waals surface area contributed by atoms with Crippen LogP contribution in [0.4, 0.5) is 0 Å². The molecular weight excluding hydrogens is 207 g/mol. The summed E-state index contributed by atoms with van der Waals surface area (Å²) in [4.78, 5) is 16.0. The molecule has 0 aromatic heterocycles. The number of hydrogen-bond acceptors (Lipinski definition) is 5. The van der Waals surface area contributed by atoms with Gasteiger partial charge in [0.05, 0.1) is 0 Å². The van der Waals surface area contributed by atoms with Gasteiger partial charge in [-0.25, -0.2) is 0 Å². The van der Waals surface area contributed by atoms with Crippen molar-refractivity contribution in [3.8, 4) is 0 Å². The zero-order valence-corrected chi connectivity index (χ0v) is 9.58. The summed E-state index contributed by atoms with van der Waals surface area (Å²) < 4.78 is 15.8. The van der Waals surface area contributed by atoms with Crippen molar-refractivity contribution in [3.63, 3.8) is 0 Å². The number of nitrogens with zero attached hydrogens (tertiary/aromatic N) is 1. The van der Waals surface area contributed by atoms with E-state index in [0.29, 0.717) is 33.1 Å². The summed E-state index contributed by atoms with van der Waals surface area (Å²) in [6.07, 6.45) is 1.16. The minimum absolute atomic E-state index is 0.0579. The predicted octanol–water partition coefficient (Wildman–Crippen LogP) is 0.818. The van der Waals surface area contributed by atoms with Gasteiger partial charge in [0.1, 0.15) is 0 Å². The van der Waals surface area contributed by atoms with E-state index >= 15 is 0 Å². The summed E-state index contributed by atoms with van der Waals surface area (Å²) in [6.45, 7) is 4.37. The number of Topliss-reactive ketones (excluding diaryl/α,β-unsaturated/α-hetero) is 1. The van der Waals surface area contributed by atoms with Crippen LogP contribution in [0.15, 0.2) is 4.99 Å². The molecule has 1 aliphatic heterocycles. The van der Waals surface area contributed by atoms with Gasteiger partial charge in [-0.15, -0.1) is 0 Å². The van der Waals surface area contributed by atoms with Gasteiger partial charge < -0.3 is 0 Å². The first kappa shape index (κ1) is 12.7. The molecule has 0 aromatic rings. The third kappa shape index (κ3) is 2.26. The molecule has 0 bridgehead atoms. The Labute approximate surface area is 95.0 Å². The number of hydrogen-bond donors (Lipinski definition) is 1. The Kier molecular flexibility index (Phi) is 4.09. The van der Waals surface area contributed by atoms with Crippen molar-refractivity contribution in [2.75, 3.05) is 13.2 Å². The fourth-order valence-electron chi connectivity index (χ4n) is 1.71. The average Bonchev–Trinajstić information content (AvgIpc) is 2.80. The SMILES string of the molecule is CCC[C@](C)(C(=N)B=O)C(=O)C1=NCCO1. The molecule has 0 unspecified atom stereocenters. The zero-order valence-electron chi connectivity index (χ0n) is 9.58. The molecule has 1 aliphatic rings. The third-order valence-electron chi connectivity index (χ3n) is 2.74. The summed E-state index contributed by atoms with van der Waals surface area (Å²) in [5.74, 6) is -0.300. The summed E-state index contributed by atoms with van der Waals surface area (Å²) in [7, 11) is 0.420. The molecule has 1 rings (SSSR count). The average molecular weight is 222 g/mol. The standard InChI is InChI=1S/C10H15BN2O3/c1-3-4-10(2,9(12)11-15)7(14)8-13-5-6-16-8/h12H,3-6H2,1-2H3/t10-/m0/s1. The van der Waals surface area contributed by atoms with E-state index in [9.17, 15) is 9.50 Å². The van der Waals surface area contributed by atoms with Crippen molar-refractivity contribution in [1.29, 1.82) is 5.41 Å². The zero-order chi connectivity index (χ0) is 12.2. The summed E-state index contributed by atoms with van der Waals surface area (Å²) >= 11 is 0. The van der Waals surface area contributed by atoms with Crippen LogP contribution in [-0.4, -0.2) is 37.6 Å². The van der Waals surface area contributed by atoms with Crippen LogP contribution < -0.4 is 0 Å². The van der Waals surface area contributed by atoms with Gasteiger partial charge in [0.15, 0.2) is 0 Å². The van der Waals surface area contributed by atoms with Crippen molar-refractivity contribution >= 4 is 24.4 Å². The van der Waals surface area contributed by atoms with Crippen molar-refractivity contribution in [3.05, 3.63) is 0 Å². The number of ketones is 1. The monoisotopic (exact) mass is 222 g/mol. The summed E-state index contributed by atoms with van der Waals surface area (Å²) in [6, 6.07) is 0. The van der Waals surface area contributed by atoms with Crippen LogP contribution in [0, 0.1) is 10.8 Å². The van der Waals surface area contributed by atoms with E-state index in [-0.39, 0.29) is 17.3 Å². The molecule has 16 heavy (non-hydrogen) atoms. The Bertz CT molecular complexity index is 354. The van der Waals surface area contributed by atoms with Crippen LogP contribution in [0.2, 0.25) is 0 Å². The Morgan fingerprint density at radius 1 is 1.69 bits per heavy atom. The van der Waals surface area contributed by atoms with Gasteiger partial charge in [-0.3, -0.25) is 0 Å². The molecule has 1 atom stereocenters. The minimum atomic E-state index is -1.10. The van der Waals surface area contributed by atoms with E-state index in [4.69, 9.17) is 10.1 Å². The second-order valence-electron chi connectivity index (χ2n) is 3.98. The third-order valence-corrected chi connectivity index (χ3v) is 2.74. The van der Waals surface area contributed by atoms with Crippen molar-refractivity contribution < 1.29 is 14.2 Å². The molecule has 0 saturated heterocycles. The van der Waals surface area contributed by atoms with Crippen LogP contribution in [-0.2, 0) is 14.2 Å². The fourth-order valence-corrected chi connectivity index (χ4v) is 1.71. The van der Waals surface area contributed by atoms with Gasteiger partial charge in [-0.05, 0) is 0 Å². The van der Waals surface area contributed by atoms with Gasteiger partial charge in [-0.1, -0.05) is 0 Å². The second kappa shape index (κ2) is 5.14. The molecule has 0 spiro atoms. The van der Waals surface area contributed by atoms with Crippen LogP contribution in [0.3, 0.4) is 0 Å². The Hall–Kier alpha value is -1.33. The summed E-state index contributed by atoms with van der Waals surface area (Å²) in [5, 5.41) is 7.59. The van der Waals surface area contributed by atoms with Gasteiger partial charge >= 0.3 is 94.3 Å². The molecule has 0 amide bonds. The molecule has 86 valence electrons. The Morgan fingerprint density at radius 3 is 2.81 bits per heavy atom. The van der Waals surface area contributed by atoms with Crippen LogP contribution >= 0.6 is 0 Å². The second-order valence-corrected chi connectivity index (χ2v) is 3.98. The van der Waals surface area contributed by atoms with Crippen molar-refractivity contribution in [2.24, 2.45) is 10.4 Å². The number of aliphatic imine (C=N–C) groups is 1. The van der Waals surface area contributed by atoms with Crippen LogP contribution in [0.1, 0.15) is 26.7 Å². The number of ether oxygens (including phenoxy) is 1. The molecule has 0 aliphatic carbocycles. The van der Waals surface area contributed by atoms with Gasteiger partial charge in [0, 0.05) is 0 Å². The van der Waals surface area contributed by atoms with Crippen molar-refractivity contribution in [2.45, 2.75) is 26.7 Å². The maximum atomic E-state index is 12.1. The van der Waals surface area contributed by atoms with E-state index in [0.717, 1.165) is 0 Å². The first-order chi connectivity index (χ1) is 7.56.